The minimum Gasteiger partial charge on any atom is -0.492 e. The lowest BCUT2D eigenvalue weighted by Gasteiger charge is -2.10. The Balaban J connectivity index is 1.53. The van der Waals surface area contributed by atoms with Gasteiger partial charge in [0.15, 0.2) is 5.13 Å². The van der Waals surface area contributed by atoms with E-state index in [2.05, 4.69) is 46.3 Å². The summed E-state index contributed by atoms with van der Waals surface area (Å²) in [6, 6.07) is 10.6. The maximum Gasteiger partial charge on any atom is 0.187 e. The smallest absolute Gasteiger partial charge is 0.187 e. The van der Waals surface area contributed by atoms with Gasteiger partial charge < -0.3 is 15.4 Å². The molecule has 0 atom stereocenters. The number of benzene rings is 1. The van der Waals surface area contributed by atoms with Crippen LogP contribution >= 0.6 is 22.7 Å². The summed E-state index contributed by atoms with van der Waals surface area (Å²) >= 11 is 3.35. The van der Waals surface area contributed by atoms with E-state index in [9.17, 15) is 0 Å². The molecule has 2 N–H and O–H groups in total. The zero-order valence-electron chi connectivity index (χ0n) is 13.8. The lowest BCUT2D eigenvalue weighted by atomic mass is 10.3. The van der Waals surface area contributed by atoms with Gasteiger partial charge in [-0.2, -0.15) is 11.3 Å². The van der Waals surface area contributed by atoms with E-state index in [0.29, 0.717) is 12.6 Å². The zero-order chi connectivity index (χ0) is 16.8. The number of hydrogen-bond acceptors (Lipinski definition) is 6. The number of anilines is 2. The average Bonchev–Trinajstić information content (AvgIpc) is 3.24. The highest BCUT2D eigenvalue weighted by Crippen LogP contribution is 2.32. The molecule has 1 aromatic carbocycles. The molecular weight excluding hydrogens is 338 g/mol. The van der Waals surface area contributed by atoms with E-state index in [-0.39, 0.29) is 0 Å². The maximum atomic E-state index is 5.71. The van der Waals surface area contributed by atoms with E-state index in [0.717, 1.165) is 23.1 Å². The Morgan fingerprint density at radius 3 is 2.71 bits per heavy atom. The Hall–Kier alpha value is -1.89. The third-order valence-corrected chi connectivity index (χ3v) is 4.99. The Morgan fingerprint density at radius 2 is 2.00 bits per heavy atom. The number of rotatable bonds is 8. The SMILES string of the molecule is CC(C)NCCOc1ccc(Nc2ncc(-c3ccsc3)s2)cc1. The van der Waals surface area contributed by atoms with Crippen LogP contribution in [0.25, 0.3) is 10.4 Å². The molecule has 0 saturated heterocycles. The first kappa shape index (κ1) is 17.0. The normalized spacial score (nSPS) is 11.0. The second-order valence-corrected chi connectivity index (χ2v) is 7.46. The second-order valence-electron chi connectivity index (χ2n) is 5.65. The van der Waals surface area contributed by atoms with Crippen LogP contribution in [0, 0.1) is 0 Å². The molecule has 0 aliphatic rings. The molecule has 6 heteroatoms. The predicted octanol–water partition coefficient (Wildman–Crippen LogP) is 4.99. The van der Waals surface area contributed by atoms with E-state index in [1.165, 1.54) is 10.4 Å². The van der Waals surface area contributed by atoms with Gasteiger partial charge in [-0.3, -0.25) is 0 Å². The number of nitrogens with zero attached hydrogens (tertiary/aromatic N) is 1. The predicted molar refractivity (Wildman–Crippen MR) is 104 cm³/mol. The van der Waals surface area contributed by atoms with Gasteiger partial charge in [0.05, 0.1) is 4.88 Å². The van der Waals surface area contributed by atoms with Crippen molar-refractivity contribution in [2.75, 3.05) is 18.5 Å². The van der Waals surface area contributed by atoms with E-state index >= 15 is 0 Å². The fraction of sp³-hybridized carbons (Fsp3) is 0.278. The molecule has 3 aromatic rings. The second kappa shape index (κ2) is 8.28. The number of nitrogens with one attached hydrogen (secondary N) is 2. The van der Waals surface area contributed by atoms with E-state index < -0.39 is 0 Å². The first-order valence-electron chi connectivity index (χ1n) is 7.92. The molecule has 4 nitrogen and oxygen atoms in total. The zero-order valence-corrected chi connectivity index (χ0v) is 15.4. The first-order valence-corrected chi connectivity index (χ1v) is 9.68. The molecule has 0 aliphatic carbocycles. The monoisotopic (exact) mass is 359 g/mol. The van der Waals surface area contributed by atoms with Crippen LogP contribution in [0.2, 0.25) is 0 Å². The summed E-state index contributed by atoms with van der Waals surface area (Å²) in [6.07, 6.45) is 1.91. The van der Waals surface area contributed by atoms with Crippen LogP contribution in [0.3, 0.4) is 0 Å². The molecule has 126 valence electrons. The van der Waals surface area contributed by atoms with Crippen molar-refractivity contribution in [2.45, 2.75) is 19.9 Å². The van der Waals surface area contributed by atoms with Crippen molar-refractivity contribution in [1.29, 1.82) is 0 Å². The number of aromatic nitrogens is 1. The van der Waals surface area contributed by atoms with Crippen LogP contribution in [-0.2, 0) is 0 Å². The fourth-order valence-corrected chi connectivity index (χ4v) is 3.71. The molecule has 0 amide bonds. The van der Waals surface area contributed by atoms with E-state index in [1.807, 2.05) is 30.5 Å². The standard InChI is InChI=1S/C18H21N3OS2/c1-13(2)19-8-9-22-16-5-3-15(4-6-16)21-18-20-11-17(24-18)14-7-10-23-12-14/h3-7,10-13,19H,8-9H2,1-2H3,(H,20,21). The van der Waals surface area contributed by atoms with Crippen LogP contribution in [0.5, 0.6) is 5.75 Å². The minimum absolute atomic E-state index is 0.484. The summed E-state index contributed by atoms with van der Waals surface area (Å²) in [5.41, 5.74) is 2.23. The van der Waals surface area contributed by atoms with Gasteiger partial charge in [0.25, 0.3) is 0 Å². The van der Waals surface area contributed by atoms with Gasteiger partial charge in [0.2, 0.25) is 0 Å². The Bertz CT molecular complexity index is 736. The molecule has 2 heterocycles. The maximum absolute atomic E-state index is 5.71. The van der Waals surface area contributed by atoms with Crippen molar-refractivity contribution in [3.8, 4) is 16.2 Å². The molecule has 0 fully saturated rings. The van der Waals surface area contributed by atoms with Crippen LogP contribution < -0.4 is 15.4 Å². The third kappa shape index (κ3) is 4.80. The van der Waals surface area contributed by atoms with E-state index in [1.54, 1.807) is 22.7 Å². The molecule has 0 saturated carbocycles. The topological polar surface area (TPSA) is 46.2 Å². The minimum atomic E-state index is 0.484. The number of thiophene rings is 1. The summed E-state index contributed by atoms with van der Waals surface area (Å²) in [7, 11) is 0. The van der Waals surface area contributed by atoms with Gasteiger partial charge in [0, 0.05) is 30.0 Å². The van der Waals surface area contributed by atoms with Crippen LogP contribution in [0.4, 0.5) is 10.8 Å². The van der Waals surface area contributed by atoms with Gasteiger partial charge in [-0.15, -0.1) is 0 Å². The number of thiazole rings is 1. The van der Waals surface area contributed by atoms with Crippen molar-refractivity contribution < 1.29 is 4.74 Å². The quantitative estimate of drug-likeness (QED) is 0.556. The number of ether oxygens (including phenoxy) is 1. The highest BCUT2D eigenvalue weighted by atomic mass is 32.1. The molecular formula is C18H21N3OS2. The van der Waals surface area contributed by atoms with Crippen molar-refractivity contribution in [3.63, 3.8) is 0 Å². The molecule has 0 aliphatic heterocycles. The Labute approximate surface area is 150 Å². The largest absolute Gasteiger partial charge is 0.492 e. The Kier molecular flexibility index (Phi) is 5.85. The summed E-state index contributed by atoms with van der Waals surface area (Å²) in [5, 5.41) is 11.8. The van der Waals surface area contributed by atoms with Crippen molar-refractivity contribution in [2.24, 2.45) is 0 Å². The summed E-state index contributed by atoms with van der Waals surface area (Å²) < 4.78 is 5.71. The summed E-state index contributed by atoms with van der Waals surface area (Å²) in [4.78, 5) is 5.62. The van der Waals surface area contributed by atoms with Crippen LogP contribution in [0.1, 0.15) is 13.8 Å². The first-order chi connectivity index (χ1) is 11.7. The van der Waals surface area contributed by atoms with E-state index in [4.69, 9.17) is 4.74 Å². The molecule has 0 radical (unpaired) electrons. The highest BCUT2D eigenvalue weighted by Gasteiger charge is 2.05. The van der Waals surface area contributed by atoms with Crippen LogP contribution in [0.15, 0.2) is 47.3 Å². The molecule has 3 rings (SSSR count). The average molecular weight is 360 g/mol. The molecule has 2 aromatic heterocycles. The molecule has 0 spiro atoms. The lowest BCUT2D eigenvalue weighted by Crippen LogP contribution is -2.27. The van der Waals surface area contributed by atoms with Gasteiger partial charge in [-0.1, -0.05) is 25.2 Å². The van der Waals surface area contributed by atoms with Crippen LogP contribution in [-0.4, -0.2) is 24.2 Å². The van der Waals surface area contributed by atoms with Crippen molar-refractivity contribution in [1.82, 2.24) is 10.3 Å². The van der Waals surface area contributed by atoms with Crippen molar-refractivity contribution in [3.05, 3.63) is 47.3 Å². The summed E-state index contributed by atoms with van der Waals surface area (Å²) in [5.74, 6) is 0.879. The molecule has 0 unspecified atom stereocenters. The Morgan fingerprint density at radius 1 is 1.17 bits per heavy atom. The van der Waals surface area contributed by atoms with Gasteiger partial charge in [-0.05, 0) is 41.1 Å². The van der Waals surface area contributed by atoms with Gasteiger partial charge in [-0.25, -0.2) is 4.98 Å². The lowest BCUT2D eigenvalue weighted by molar-refractivity contribution is 0.309. The van der Waals surface area contributed by atoms with Gasteiger partial charge >= 0.3 is 0 Å². The van der Waals surface area contributed by atoms with Crippen molar-refractivity contribution >= 4 is 33.5 Å². The molecule has 24 heavy (non-hydrogen) atoms. The summed E-state index contributed by atoms with van der Waals surface area (Å²) in [6.45, 7) is 5.77. The number of hydrogen-bond donors (Lipinski definition) is 2. The molecule has 0 bridgehead atoms. The highest BCUT2D eigenvalue weighted by molar-refractivity contribution is 7.19. The van der Waals surface area contributed by atoms with Gasteiger partial charge in [0.1, 0.15) is 12.4 Å². The fourth-order valence-electron chi connectivity index (χ4n) is 2.14. The third-order valence-electron chi connectivity index (χ3n) is 3.34.